The molecule has 36 heavy (non-hydrogen) atoms. The van der Waals surface area contributed by atoms with Crippen molar-refractivity contribution in [3.05, 3.63) is 88.1 Å². The molecule has 1 N–H and O–H groups in total. The molecular weight excluding hydrogens is 478 g/mol. The highest BCUT2D eigenvalue weighted by Gasteiger charge is 2.42. The molecule has 2 aliphatic heterocycles. The molecule has 2 aromatic rings. The minimum absolute atomic E-state index is 0.132. The number of hydrogen-bond acceptors (Lipinski definition) is 8. The number of benzene rings is 2. The van der Waals surface area contributed by atoms with Crippen LogP contribution < -0.4 is 10.1 Å². The number of amides is 1. The minimum atomic E-state index is -0.565. The second kappa shape index (κ2) is 11.9. The highest BCUT2D eigenvalue weighted by atomic mass is 32.2. The quantitative estimate of drug-likeness (QED) is 0.381. The van der Waals surface area contributed by atoms with Gasteiger partial charge in [-0.1, -0.05) is 60.3 Å². The van der Waals surface area contributed by atoms with Gasteiger partial charge in [-0.15, -0.1) is 0 Å². The van der Waals surface area contributed by atoms with Crippen LogP contribution in [0.5, 0.6) is 5.75 Å². The number of para-hydroxylation sites is 1. The molecule has 0 bridgehead atoms. The number of rotatable bonds is 10. The minimum Gasteiger partial charge on any atom is -0.496 e. The Labute approximate surface area is 215 Å². The summed E-state index contributed by atoms with van der Waals surface area (Å²) in [6.45, 7) is 2.80. The van der Waals surface area contributed by atoms with Crippen molar-refractivity contribution in [2.24, 2.45) is 4.99 Å². The summed E-state index contributed by atoms with van der Waals surface area (Å²) < 4.78 is 16.4. The lowest BCUT2D eigenvalue weighted by Crippen LogP contribution is -2.38. The summed E-state index contributed by atoms with van der Waals surface area (Å²) in [5.74, 6) is 0.0277. The van der Waals surface area contributed by atoms with E-state index in [4.69, 9.17) is 19.2 Å². The molecule has 0 aliphatic carbocycles. The van der Waals surface area contributed by atoms with Gasteiger partial charge in [-0.2, -0.15) is 0 Å². The van der Waals surface area contributed by atoms with Crippen molar-refractivity contribution < 1.29 is 23.8 Å². The van der Waals surface area contributed by atoms with Gasteiger partial charge in [-0.05, 0) is 24.0 Å². The topological polar surface area (TPSA) is 89.5 Å². The Morgan fingerprint density at radius 2 is 1.83 bits per heavy atom. The van der Waals surface area contributed by atoms with E-state index in [1.54, 1.807) is 14.2 Å². The number of carbonyl (C=O) groups is 2. The molecule has 188 valence electrons. The maximum absolute atomic E-state index is 13.5. The number of ether oxygens (including phenoxy) is 3. The molecular formula is C27H29N3O5S. The summed E-state index contributed by atoms with van der Waals surface area (Å²) in [7, 11) is 3.18. The lowest BCUT2D eigenvalue weighted by molar-refractivity contribution is -0.141. The Morgan fingerprint density at radius 1 is 1.08 bits per heavy atom. The molecule has 0 saturated heterocycles. The largest absolute Gasteiger partial charge is 0.496 e. The third-order valence-electron chi connectivity index (χ3n) is 5.84. The van der Waals surface area contributed by atoms with Crippen LogP contribution in [-0.4, -0.2) is 49.3 Å². The molecule has 0 fully saturated rings. The normalized spacial score (nSPS) is 16.8. The molecule has 1 amide bonds. The third-order valence-corrected chi connectivity index (χ3v) is 6.73. The molecule has 2 heterocycles. The van der Waals surface area contributed by atoms with E-state index < -0.39 is 12.0 Å². The van der Waals surface area contributed by atoms with Gasteiger partial charge in [0.25, 0.3) is 0 Å². The molecule has 0 unspecified atom stereocenters. The van der Waals surface area contributed by atoms with Crippen LogP contribution >= 0.6 is 11.8 Å². The number of aliphatic imine (C=N–C) groups is 1. The Morgan fingerprint density at radius 3 is 2.58 bits per heavy atom. The molecule has 2 aromatic carbocycles. The highest BCUT2D eigenvalue weighted by Crippen LogP contribution is 2.46. The van der Waals surface area contributed by atoms with Gasteiger partial charge in [0.05, 0.1) is 37.4 Å². The van der Waals surface area contributed by atoms with Crippen molar-refractivity contribution in [1.82, 2.24) is 10.2 Å². The van der Waals surface area contributed by atoms with Crippen LogP contribution in [0.3, 0.4) is 0 Å². The van der Waals surface area contributed by atoms with Gasteiger partial charge in [-0.3, -0.25) is 4.79 Å². The zero-order chi connectivity index (χ0) is 25.5. The van der Waals surface area contributed by atoms with E-state index in [0.29, 0.717) is 35.3 Å². The fraction of sp³-hybridized carbons (Fsp3) is 0.296. The van der Waals surface area contributed by atoms with E-state index in [1.807, 2.05) is 71.8 Å². The second-order valence-electron chi connectivity index (χ2n) is 8.22. The number of nitrogens with one attached hydrogen (secondary N) is 1. The Hall–Kier alpha value is -3.56. The van der Waals surface area contributed by atoms with Crippen LogP contribution in [0, 0.1) is 0 Å². The first-order valence-corrected chi connectivity index (χ1v) is 12.5. The number of amidine groups is 1. The zero-order valence-corrected chi connectivity index (χ0v) is 21.3. The Bertz CT molecular complexity index is 1210. The first kappa shape index (κ1) is 25.5. The predicted molar refractivity (Wildman–Crippen MR) is 139 cm³/mol. The first-order valence-electron chi connectivity index (χ1n) is 11.6. The number of allylic oxidation sites excluding steroid dienone is 1. The highest BCUT2D eigenvalue weighted by molar-refractivity contribution is 8.16. The standard InChI is InChI=1S/C27H29N3O5S/c1-18-24(26(32)35-16-19-9-5-4-6-10-19)25(21-11-7-8-12-22(21)34-3)30-20(17-36-27(30)29-18)15-23(31)28-13-14-33-2/h4-12,17,25H,13-16H2,1-3H3,(H,28,31)/t25-/m0/s1. The number of fused-ring (bicyclic) bond motifs is 1. The molecule has 2 aliphatic rings. The van der Waals surface area contributed by atoms with Gasteiger partial charge < -0.3 is 24.4 Å². The predicted octanol–water partition coefficient (Wildman–Crippen LogP) is 4.17. The summed E-state index contributed by atoms with van der Waals surface area (Å²) in [4.78, 5) is 32.8. The van der Waals surface area contributed by atoms with Crippen LogP contribution in [0.4, 0.5) is 0 Å². The fourth-order valence-corrected chi connectivity index (χ4v) is 5.10. The number of carbonyl (C=O) groups excluding carboxylic acids is 2. The monoisotopic (exact) mass is 507 g/mol. The van der Waals surface area contributed by atoms with E-state index in [1.165, 1.54) is 11.8 Å². The van der Waals surface area contributed by atoms with E-state index in [0.717, 1.165) is 16.8 Å². The zero-order valence-electron chi connectivity index (χ0n) is 20.5. The van der Waals surface area contributed by atoms with Gasteiger partial charge in [0, 0.05) is 24.9 Å². The van der Waals surface area contributed by atoms with Crippen molar-refractivity contribution in [1.29, 1.82) is 0 Å². The lowest BCUT2D eigenvalue weighted by atomic mass is 9.93. The van der Waals surface area contributed by atoms with Crippen molar-refractivity contribution in [3.63, 3.8) is 0 Å². The van der Waals surface area contributed by atoms with Crippen molar-refractivity contribution in [3.8, 4) is 5.75 Å². The fourth-order valence-electron chi connectivity index (χ4n) is 4.14. The van der Waals surface area contributed by atoms with Gasteiger partial charge in [0.2, 0.25) is 5.91 Å². The lowest BCUT2D eigenvalue weighted by Gasteiger charge is -2.36. The van der Waals surface area contributed by atoms with Crippen LogP contribution in [0.2, 0.25) is 0 Å². The van der Waals surface area contributed by atoms with Gasteiger partial charge >= 0.3 is 5.97 Å². The summed E-state index contributed by atoms with van der Waals surface area (Å²) >= 11 is 1.43. The maximum atomic E-state index is 13.5. The van der Waals surface area contributed by atoms with Crippen molar-refractivity contribution in [2.45, 2.75) is 26.0 Å². The maximum Gasteiger partial charge on any atom is 0.338 e. The number of esters is 1. The van der Waals surface area contributed by atoms with E-state index >= 15 is 0 Å². The van der Waals surface area contributed by atoms with Crippen LogP contribution in [0.15, 0.2) is 82.0 Å². The van der Waals surface area contributed by atoms with Crippen LogP contribution in [0.25, 0.3) is 0 Å². The Kier molecular flexibility index (Phi) is 8.45. The third kappa shape index (κ3) is 5.63. The number of thioether (sulfide) groups is 1. The molecule has 0 spiro atoms. The van der Waals surface area contributed by atoms with Crippen LogP contribution in [0.1, 0.15) is 30.5 Å². The molecule has 9 heteroatoms. The smallest absolute Gasteiger partial charge is 0.338 e. The van der Waals surface area contributed by atoms with Crippen molar-refractivity contribution in [2.75, 3.05) is 27.4 Å². The SMILES string of the molecule is COCCNC(=O)CC1=CSC2=NC(C)=C(C(=O)OCc3ccccc3)[C@H](c3ccccc3OC)N12. The van der Waals surface area contributed by atoms with Gasteiger partial charge in [0.15, 0.2) is 5.17 Å². The first-order chi connectivity index (χ1) is 17.5. The number of nitrogens with zero attached hydrogens (tertiary/aromatic N) is 2. The average Bonchev–Trinajstić information content (AvgIpc) is 3.28. The summed E-state index contributed by atoms with van der Waals surface area (Å²) in [5.41, 5.74) is 3.40. The number of methoxy groups -OCH3 is 2. The summed E-state index contributed by atoms with van der Waals surface area (Å²) in [6.07, 6.45) is 0.132. The van der Waals surface area contributed by atoms with Crippen molar-refractivity contribution >= 4 is 28.8 Å². The van der Waals surface area contributed by atoms with E-state index in [-0.39, 0.29) is 18.9 Å². The summed E-state index contributed by atoms with van der Waals surface area (Å²) in [5, 5.41) is 5.46. The van der Waals surface area contributed by atoms with E-state index in [2.05, 4.69) is 5.32 Å². The van der Waals surface area contributed by atoms with Gasteiger partial charge in [0.1, 0.15) is 12.4 Å². The average molecular weight is 508 g/mol. The Balaban J connectivity index is 1.67. The molecule has 0 radical (unpaired) electrons. The molecule has 4 rings (SSSR count). The van der Waals surface area contributed by atoms with E-state index in [9.17, 15) is 9.59 Å². The molecule has 1 atom stereocenters. The summed E-state index contributed by atoms with van der Waals surface area (Å²) in [6, 6.07) is 16.5. The van der Waals surface area contributed by atoms with Gasteiger partial charge in [-0.25, -0.2) is 9.79 Å². The number of hydrogen-bond donors (Lipinski definition) is 1. The molecule has 8 nitrogen and oxygen atoms in total. The second-order valence-corrected chi connectivity index (χ2v) is 9.05. The molecule has 0 saturated carbocycles. The van der Waals surface area contributed by atoms with Crippen LogP contribution in [-0.2, 0) is 25.7 Å². The molecule has 0 aromatic heterocycles.